The molecule has 21 heavy (non-hydrogen) atoms. The molecule has 0 bridgehead atoms. The van der Waals surface area contributed by atoms with Crippen molar-refractivity contribution < 1.29 is 9.50 Å². The largest absolute Gasteiger partial charge is 0.392 e. The van der Waals surface area contributed by atoms with Crippen LogP contribution >= 0.6 is 0 Å². The van der Waals surface area contributed by atoms with Gasteiger partial charge >= 0.3 is 0 Å². The maximum absolute atomic E-state index is 13.1. The van der Waals surface area contributed by atoms with Gasteiger partial charge in [0.2, 0.25) is 0 Å². The molecule has 1 saturated heterocycles. The smallest absolute Gasteiger partial charge is 0.123 e. The van der Waals surface area contributed by atoms with Crippen LogP contribution in [0.4, 0.5) is 4.39 Å². The molecule has 0 amide bonds. The van der Waals surface area contributed by atoms with E-state index >= 15 is 0 Å². The molecule has 0 radical (unpaired) electrons. The average molecular weight is 294 g/mol. The van der Waals surface area contributed by atoms with Crippen molar-refractivity contribution >= 4 is 0 Å². The lowest BCUT2D eigenvalue weighted by atomic mass is 10.0. The number of nitrogens with zero attached hydrogens (tertiary/aromatic N) is 1. The average Bonchev–Trinajstić information content (AvgIpc) is 2.49. The highest BCUT2D eigenvalue weighted by Crippen LogP contribution is 2.19. The molecular weight excluding hydrogens is 267 g/mol. The number of nitrogens with one attached hydrogen (secondary N) is 1. The van der Waals surface area contributed by atoms with E-state index < -0.39 is 0 Å². The van der Waals surface area contributed by atoms with Crippen LogP contribution < -0.4 is 5.32 Å². The Kier molecular flexibility index (Phi) is 6.61. The second-order valence-corrected chi connectivity index (χ2v) is 5.94. The van der Waals surface area contributed by atoms with E-state index in [1.54, 1.807) is 0 Å². The van der Waals surface area contributed by atoms with Crippen LogP contribution in [0.3, 0.4) is 0 Å². The molecule has 1 fully saturated rings. The zero-order valence-electron chi connectivity index (χ0n) is 12.9. The third-order valence-electron chi connectivity index (χ3n) is 4.13. The van der Waals surface area contributed by atoms with Crippen LogP contribution in [0.25, 0.3) is 0 Å². The minimum absolute atomic E-state index is 0.174. The standard InChI is InChI=1S/C17H27FN2O/c1-2-10-19-17(14-5-7-15(18)8-6-14)9-12-20-11-3-4-16(21)13-20/h5-8,16-17,19,21H,2-4,9-13H2,1H3. The van der Waals surface area contributed by atoms with Gasteiger partial charge in [0.15, 0.2) is 0 Å². The van der Waals surface area contributed by atoms with Crippen LogP contribution in [0.5, 0.6) is 0 Å². The number of β-amino-alcohol motifs (C(OH)–C–C–N with tert-alkyl or cyclic N) is 1. The van der Waals surface area contributed by atoms with Crippen LogP contribution in [0.1, 0.15) is 44.2 Å². The van der Waals surface area contributed by atoms with Crippen LogP contribution in [-0.4, -0.2) is 42.3 Å². The molecule has 1 aliphatic heterocycles. The Hall–Kier alpha value is -0.970. The summed E-state index contributed by atoms with van der Waals surface area (Å²) in [6.07, 6.45) is 3.89. The number of benzene rings is 1. The molecule has 3 nitrogen and oxygen atoms in total. The molecule has 118 valence electrons. The first-order valence-electron chi connectivity index (χ1n) is 8.08. The van der Waals surface area contributed by atoms with E-state index in [0.29, 0.717) is 0 Å². The lowest BCUT2D eigenvalue weighted by molar-refractivity contribution is 0.0685. The van der Waals surface area contributed by atoms with Gasteiger partial charge in [0.1, 0.15) is 5.82 Å². The number of aliphatic hydroxyl groups excluding tert-OH is 1. The van der Waals surface area contributed by atoms with Crippen LogP contribution in [0.15, 0.2) is 24.3 Å². The van der Waals surface area contributed by atoms with Crippen LogP contribution in [-0.2, 0) is 0 Å². The van der Waals surface area contributed by atoms with Gasteiger partial charge in [-0.1, -0.05) is 19.1 Å². The Morgan fingerprint density at radius 1 is 1.38 bits per heavy atom. The normalized spacial score (nSPS) is 21.4. The minimum Gasteiger partial charge on any atom is -0.392 e. The predicted molar refractivity (Wildman–Crippen MR) is 83.7 cm³/mol. The van der Waals surface area contributed by atoms with Crippen molar-refractivity contribution in [3.8, 4) is 0 Å². The molecular formula is C17H27FN2O. The Labute approximate surface area is 127 Å². The van der Waals surface area contributed by atoms with Gasteiger partial charge < -0.3 is 15.3 Å². The van der Waals surface area contributed by atoms with Crippen molar-refractivity contribution in [2.24, 2.45) is 0 Å². The summed E-state index contributed by atoms with van der Waals surface area (Å²) in [5.41, 5.74) is 1.14. The molecule has 1 aromatic carbocycles. The fourth-order valence-electron chi connectivity index (χ4n) is 2.95. The van der Waals surface area contributed by atoms with E-state index in [1.807, 2.05) is 12.1 Å². The first kappa shape index (κ1) is 16.4. The summed E-state index contributed by atoms with van der Waals surface area (Å²) < 4.78 is 13.1. The fraction of sp³-hybridized carbons (Fsp3) is 0.647. The SMILES string of the molecule is CCCNC(CCN1CCCC(O)C1)c1ccc(F)cc1. The van der Waals surface area contributed by atoms with Crippen molar-refractivity contribution in [2.45, 2.75) is 44.8 Å². The highest BCUT2D eigenvalue weighted by molar-refractivity contribution is 5.20. The second-order valence-electron chi connectivity index (χ2n) is 5.94. The lowest BCUT2D eigenvalue weighted by Gasteiger charge is -2.31. The Bertz CT molecular complexity index is 410. The van der Waals surface area contributed by atoms with Crippen molar-refractivity contribution in [2.75, 3.05) is 26.2 Å². The van der Waals surface area contributed by atoms with Crippen molar-refractivity contribution in [1.82, 2.24) is 10.2 Å². The predicted octanol–water partition coefficient (Wildman–Crippen LogP) is 2.71. The van der Waals surface area contributed by atoms with Gasteiger partial charge in [-0.05, 0) is 56.5 Å². The minimum atomic E-state index is -0.188. The zero-order chi connectivity index (χ0) is 15.1. The molecule has 1 aromatic rings. The number of hydrogen-bond acceptors (Lipinski definition) is 3. The maximum atomic E-state index is 13.1. The van der Waals surface area contributed by atoms with Gasteiger partial charge in [-0.2, -0.15) is 0 Å². The number of piperidine rings is 1. The van der Waals surface area contributed by atoms with Crippen LogP contribution in [0.2, 0.25) is 0 Å². The fourth-order valence-corrected chi connectivity index (χ4v) is 2.95. The Morgan fingerprint density at radius 3 is 2.81 bits per heavy atom. The van der Waals surface area contributed by atoms with E-state index in [9.17, 15) is 9.50 Å². The molecule has 2 rings (SSSR count). The third-order valence-corrected chi connectivity index (χ3v) is 4.13. The van der Waals surface area contributed by atoms with Gasteiger partial charge in [-0.15, -0.1) is 0 Å². The van der Waals surface area contributed by atoms with Gasteiger partial charge in [0.05, 0.1) is 6.10 Å². The summed E-state index contributed by atoms with van der Waals surface area (Å²) in [5.74, 6) is -0.188. The molecule has 2 unspecified atom stereocenters. The van der Waals surface area contributed by atoms with Gasteiger partial charge in [0.25, 0.3) is 0 Å². The summed E-state index contributed by atoms with van der Waals surface area (Å²) >= 11 is 0. The van der Waals surface area contributed by atoms with Gasteiger partial charge in [-0.25, -0.2) is 4.39 Å². The van der Waals surface area contributed by atoms with E-state index in [-0.39, 0.29) is 18.0 Å². The molecule has 4 heteroatoms. The van der Waals surface area contributed by atoms with Gasteiger partial charge in [0, 0.05) is 19.1 Å². The van der Waals surface area contributed by atoms with E-state index in [1.165, 1.54) is 12.1 Å². The molecule has 2 N–H and O–H groups in total. The highest BCUT2D eigenvalue weighted by atomic mass is 19.1. The quantitative estimate of drug-likeness (QED) is 0.811. The molecule has 0 saturated carbocycles. The number of halogens is 1. The van der Waals surface area contributed by atoms with Gasteiger partial charge in [-0.3, -0.25) is 0 Å². The summed E-state index contributed by atoms with van der Waals surface area (Å²) in [5, 5.41) is 13.3. The summed E-state index contributed by atoms with van der Waals surface area (Å²) in [7, 11) is 0. The van der Waals surface area contributed by atoms with E-state index in [4.69, 9.17) is 0 Å². The molecule has 0 aliphatic carbocycles. The first-order valence-corrected chi connectivity index (χ1v) is 8.08. The number of likely N-dealkylation sites (tertiary alicyclic amines) is 1. The third kappa shape index (κ3) is 5.38. The highest BCUT2D eigenvalue weighted by Gasteiger charge is 2.19. The maximum Gasteiger partial charge on any atom is 0.123 e. The Morgan fingerprint density at radius 2 is 2.14 bits per heavy atom. The van der Waals surface area contributed by atoms with Crippen molar-refractivity contribution in [3.63, 3.8) is 0 Å². The first-order chi connectivity index (χ1) is 10.2. The van der Waals surface area contributed by atoms with Crippen molar-refractivity contribution in [3.05, 3.63) is 35.6 Å². The molecule has 0 spiro atoms. The molecule has 2 atom stereocenters. The van der Waals surface area contributed by atoms with E-state index in [0.717, 1.165) is 57.4 Å². The lowest BCUT2D eigenvalue weighted by Crippen LogP contribution is -2.39. The number of aliphatic hydroxyl groups is 1. The van der Waals surface area contributed by atoms with Crippen LogP contribution in [0, 0.1) is 5.82 Å². The molecule has 1 aliphatic rings. The van der Waals surface area contributed by atoms with Crippen molar-refractivity contribution in [1.29, 1.82) is 0 Å². The topological polar surface area (TPSA) is 35.5 Å². The number of hydrogen-bond donors (Lipinski definition) is 2. The molecule has 1 heterocycles. The summed E-state index contributed by atoms with van der Waals surface area (Å²) in [6, 6.07) is 7.05. The monoisotopic (exact) mass is 294 g/mol. The number of rotatable bonds is 7. The second kappa shape index (κ2) is 8.47. The summed E-state index contributed by atoms with van der Waals surface area (Å²) in [4.78, 5) is 2.33. The molecule has 0 aromatic heterocycles. The Balaban J connectivity index is 1.91. The zero-order valence-corrected chi connectivity index (χ0v) is 12.9. The van der Waals surface area contributed by atoms with E-state index in [2.05, 4.69) is 17.1 Å². The summed E-state index contributed by atoms with van der Waals surface area (Å²) in [6.45, 7) is 5.93.